The number of nitrogens with one attached hydrogen (secondary N) is 1. The number of benzene rings is 2. The summed E-state index contributed by atoms with van der Waals surface area (Å²) in [5.41, 5.74) is 12.9. The van der Waals surface area contributed by atoms with Crippen LogP contribution in [0.25, 0.3) is 0 Å². The van der Waals surface area contributed by atoms with Gasteiger partial charge >= 0.3 is 0 Å². The summed E-state index contributed by atoms with van der Waals surface area (Å²) >= 11 is 0. The van der Waals surface area contributed by atoms with Gasteiger partial charge in [-0.15, -0.1) is 0 Å². The molecule has 39 heavy (non-hydrogen) atoms. The lowest BCUT2D eigenvalue weighted by molar-refractivity contribution is -0.124. The Morgan fingerprint density at radius 1 is 1.03 bits per heavy atom. The summed E-state index contributed by atoms with van der Waals surface area (Å²) in [6, 6.07) is 19.7. The normalized spacial score (nSPS) is 16.1. The van der Waals surface area contributed by atoms with Crippen LogP contribution in [0.2, 0.25) is 0 Å². The van der Waals surface area contributed by atoms with Crippen LogP contribution < -0.4 is 21.5 Å². The number of rotatable bonds is 5. The molecule has 3 heterocycles. The van der Waals surface area contributed by atoms with Gasteiger partial charge in [0.1, 0.15) is 11.9 Å². The van der Waals surface area contributed by atoms with Crippen LogP contribution in [0.3, 0.4) is 0 Å². The van der Waals surface area contributed by atoms with E-state index in [1.54, 1.807) is 16.8 Å². The second-order valence-corrected chi connectivity index (χ2v) is 10.4. The fraction of sp³-hybridized carbons (Fsp3) is 0.290. The molecule has 0 fully saturated rings. The number of anilines is 2. The predicted molar refractivity (Wildman–Crippen MR) is 152 cm³/mol. The number of aryl methyl sites for hydroxylation is 4. The van der Waals surface area contributed by atoms with E-state index >= 15 is 0 Å². The van der Waals surface area contributed by atoms with Crippen LogP contribution in [-0.4, -0.2) is 27.5 Å². The molecular weight excluding hydrogens is 488 g/mol. The Kier molecular flexibility index (Phi) is 6.38. The summed E-state index contributed by atoms with van der Waals surface area (Å²) < 4.78 is 1.64. The molecule has 0 saturated carbocycles. The van der Waals surface area contributed by atoms with E-state index in [0.717, 1.165) is 29.8 Å². The van der Waals surface area contributed by atoms with E-state index < -0.39 is 6.04 Å². The maximum atomic E-state index is 14.0. The molecule has 0 saturated heterocycles. The molecular formula is C31H32N6O2. The number of hydrogen-bond donors (Lipinski definition) is 2. The summed E-state index contributed by atoms with van der Waals surface area (Å²) in [6.45, 7) is 2.19. The number of nitrogen functional groups attached to an aromatic ring is 1. The minimum Gasteiger partial charge on any atom is -0.384 e. The van der Waals surface area contributed by atoms with E-state index in [0.29, 0.717) is 31.0 Å². The molecule has 198 valence electrons. The number of hydrogen-bond acceptors (Lipinski definition) is 6. The van der Waals surface area contributed by atoms with Crippen molar-refractivity contribution in [2.45, 2.75) is 51.2 Å². The monoisotopic (exact) mass is 520 g/mol. The average Bonchev–Trinajstić information content (AvgIpc) is 3.30. The Balaban J connectivity index is 1.33. The van der Waals surface area contributed by atoms with Gasteiger partial charge in [0.2, 0.25) is 5.91 Å². The molecule has 1 aliphatic carbocycles. The van der Waals surface area contributed by atoms with Crippen LogP contribution in [0.1, 0.15) is 57.7 Å². The van der Waals surface area contributed by atoms with Gasteiger partial charge in [0.25, 0.3) is 5.56 Å². The minimum atomic E-state index is -0.585. The first-order chi connectivity index (χ1) is 18.9. The molecule has 3 N–H and O–H groups in total. The third kappa shape index (κ3) is 4.46. The highest BCUT2D eigenvalue weighted by molar-refractivity contribution is 5.81. The summed E-state index contributed by atoms with van der Waals surface area (Å²) in [4.78, 5) is 38.2. The van der Waals surface area contributed by atoms with Gasteiger partial charge in [-0.25, -0.2) is 9.97 Å². The topological polar surface area (TPSA) is 106 Å². The lowest BCUT2D eigenvalue weighted by Crippen LogP contribution is -2.39. The van der Waals surface area contributed by atoms with Crippen LogP contribution in [-0.2, 0) is 30.6 Å². The number of carbonyl (C=O) groups excluding carboxylic acids is 1. The maximum absolute atomic E-state index is 14.0. The van der Waals surface area contributed by atoms with Crippen molar-refractivity contribution in [3.8, 4) is 0 Å². The van der Waals surface area contributed by atoms with Gasteiger partial charge < -0.3 is 16.0 Å². The second-order valence-electron chi connectivity index (χ2n) is 10.4. The van der Waals surface area contributed by atoms with E-state index in [4.69, 9.17) is 5.73 Å². The number of nitrogens with two attached hydrogens (primary N) is 1. The zero-order chi connectivity index (χ0) is 27.1. The number of fused-ring (bicyclic) bond motifs is 3. The Bertz CT molecular complexity index is 1580. The number of nitrogens with zero attached hydrogens (tertiary/aromatic N) is 4. The summed E-state index contributed by atoms with van der Waals surface area (Å²) in [5.74, 6) is 0.604. The van der Waals surface area contributed by atoms with Crippen LogP contribution in [0.5, 0.6) is 0 Å². The maximum Gasteiger partial charge on any atom is 0.294 e. The highest BCUT2D eigenvalue weighted by atomic mass is 16.2. The van der Waals surface area contributed by atoms with Gasteiger partial charge in [-0.05, 0) is 66.5 Å². The van der Waals surface area contributed by atoms with Crippen LogP contribution in [0.4, 0.5) is 11.6 Å². The van der Waals surface area contributed by atoms with Crippen molar-refractivity contribution in [2.24, 2.45) is 0 Å². The lowest BCUT2D eigenvalue weighted by atomic mass is 9.93. The molecule has 8 nitrogen and oxygen atoms in total. The smallest absolute Gasteiger partial charge is 0.294 e. The van der Waals surface area contributed by atoms with Crippen LogP contribution in [0.15, 0.2) is 71.7 Å². The van der Waals surface area contributed by atoms with Crippen molar-refractivity contribution in [3.63, 3.8) is 0 Å². The van der Waals surface area contributed by atoms with Crippen molar-refractivity contribution in [3.05, 3.63) is 116 Å². The van der Waals surface area contributed by atoms with Crippen LogP contribution >= 0.6 is 0 Å². The van der Waals surface area contributed by atoms with Gasteiger partial charge in [0.15, 0.2) is 5.82 Å². The third-order valence-electron chi connectivity index (χ3n) is 8.10. The second kappa shape index (κ2) is 10.0. The lowest BCUT2D eigenvalue weighted by Gasteiger charge is -2.31. The summed E-state index contributed by atoms with van der Waals surface area (Å²) in [7, 11) is 1.93. The summed E-state index contributed by atoms with van der Waals surface area (Å²) in [6.07, 6.45) is 4.83. The molecule has 0 bridgehead atoms. The molecule has 8 heteroatoms. The average molecular weight is 521 g/mol. The molecule has 0 unspecified atom stereocenters. The number of pyridine rings is 1. The van der Waals surface area contributed by atoms with E-state index in [1.807, 2.05) is 24.9 Å². The highest BCUT2D eigenvalue weighted by Gasteiger charge is 2.34. The first-order valence-electron chi connectivity index (χ1n) is 13.4. The van der Waals surface area contributed by atoms with E-state index in [9.17, 15) is 9.59 Å². The Morgan fingerprint density at radius 2 is 1.69 bits per heavy atom. The zero-order valence-electron chi connectivity index (χ0n) is 22.2. The zero-order valence-corrected chi connectivity index (χ0v) is 22.2. The molecule has 4 aromatic rings. The first kappa shape index (κ1) is 24.9. The molecule has 1 atom stereocenters. The van der Waals surface area contributed by atoms with Crippen molar-refractivity contribution in [1.29, 1.82) is 0 Å². The van der Waals surface area contributed by atoms with Crippen molar-refractivity contribution < 1.29 is 4.79 Å². The van der Waals surface area contributed by atoms with E-state index in [1.165, 1.54) is 22.3 Å². The molecule has 6 rings (SSSR count). The molecule has 0 radical (unpaired) electrons. The van der Waals surface area contributed by atoms with Gasteiger partial charge in [-0.3, -0.25) is 14.2 Å². The first-order valence-corrected chi connectivity index (χ1v) is 13.4. The van der Waals surface area contributed by atoms with Gasteiger partial charge in [0.05, 0.1) is 6.04 Å². The van der Waals surface area contributed by atoms with E-state index in [-0.39, 0.29) is 17.5 Å². The number of carbonyl (C=O) groups is 1. The van der Waals surface area contributed by atoms with Gasteiger partial charge in [-0.1, -0.05) is 54.6 Å². The van der Waals surface area contributed by atoms with Crippen molar-refractivity contribution in [1.82, 2.24) is 19.9 Å². The molecule has 2 aliphatic rings. The van der Waals surface area contributed by atoms with E-state index in [2.05, 4.69) is 63.8 Å². The standard InChI is InChI=1S/C31H32N6O2/c1-19-22(13-16-27(32)35-19)17-34-30(38)26-15-14-23-18-33-29(31(39)37(23)26)36(2)28-24-9-5-3-7-20(24)11-12-21-8-4-6-10-25(21)28/h3-10,13,16,18,26,28H,11-12,14-15,17H2,1-2H3,(H2,32,35)(H,34,38)/t26-/m0/s1. The number of aromatic nitrogens is 3. The Labute approximate surface area is 227 Å². The molecule has 1 aliphatic heterocycles. The molecule has 2 aromatic carbocycles. The van der Waals surface area contributed by atoms with Crippen molar-refractivity contribution in [2.75, 3.05) is 17.7 Å². The molecule has 2 aromatic heterocycles. The van der Waals surface area contributed by atoms with Crippen LogP contribution in [0, 0.1) is 6.92 Å². The van der Waals surface area contributed by atoms with Crippen molar-refractivity contribution >= 4 is 17.5 Å². The fourth-order valence-corrected chi connectivity index (χ4v) is 6.05. The third-order valence-corrected chi connectivity index (χ3v) is 8.10. The number of amides is 1. The minimum absolute atomic E-state index is 0.159. The fourth-order valence-electron chi connectivity index (χ4n) is 6.05. The quantitative estimate of drug-likeness (QED) is 0.416. The SMILES string of the molecule is Cc1nc(N)ccc1CNC(=O)[C@@H]1CCc2cnc(N(C)C3c4ccccc4CCc4ccccc43)c(=O)n21. The highest BCUT2D eigenvalue weighted by Crippen LogP contribution is 2.37. The summed E-state index contributed by atoms with van der Waals surface area (Å²) in [5, 5.41) is 3.00. The van der Waals surface area contributed by atoms with Gasteiger partial charge in [0, 0.05) is 31.2 Å². The predicted octanol–water partition coefficient (Wildman–Crippen LogP) is 3.66. The largest absolute Gasteiger partial charge is 0.384 e. The molecule has 0 spiro atoms. The van der Waals surface area contributed by atoms with Gasteiger partial charge in [-0.2, -0.15) is 0 Å². The molecule has 1 amide bonds. The Morgan fingerprint density at radius 3 is 2.36 bits per heavy atom. The Hall–Kier alpha value is -4.46.